The Morgan fingerprint density at radius 3 is 1.10 bits per heavy atom. The van der Waals surface area contributed by atoms with E-state index in [0.717, 1.165) is 8.75 Å². The van der Waals surface area contributed by atoms with E-state index in [1.165, 1.54) is 87.1 Å². The molecule has 0 aromatic rings. The Morgan fingerprint density at radius 2 is 0.950 bits per heavy atom. The molecule has 0 aromatic heterocycles. The molecule has 0 amide bonds. The molecule has 2 heterocycles. The van der Waals surface area contributed by atoms with Crippen molar-refractivity contribution in [1.82, 2.24) is 0 Å². The van der Waals surface area contributed by atoms with Crippen LogP contribution in [0.2, 0.25) is 0 Å². The van der Waals surface area contributed by atoms with E-state index >= 15 is 0 Å². The molecular weight excluding hydrogens is 589 g/mol. The Kier molecular flexibility index (Phi) is 16.2. The predicted molar refractivity (Wildman–Crippen MR) is 111 cm³/mol. The summed E-state index contributed by atoms with van der Waals surface area (Å²) in [7, 11) is 0. The average molecular weight is 616 g/mol. The molecule has 0 aromatic carbocycles. The van der Waals surface area contributed by atoms with E-state index in [1.54, 1.807) is 0 Å². The summed E-state index contributed by atoms with van der Waals surface area (Å²) in [6.45, 7) is 4.68. The van der Waals surface area contributed by atoms with Crippen molar-refractivity contribution < 1.29 is 9.15 Å². The molecule has 2 aliphatic rings. The zero-order valence-electron chi connectivity index (χ0n) is 11.7. The van der Waals surface area contributed by atoms with Crippen molar-refractivity contribution in [1.29, 1.82) is 0 Å². The Morgan fingerprint density at radius 1 is 0.700 bits per heavy atom. The SMILES string of the molecule is SC([SH2+])=[N+]1CCCCC1.SC([SH2+])=[N+]1CCCCC1.[Br][Bi+2]. The van der Waals surface area contributed by atoms with Gasteiger partial charge in [0.15, 0.2) is 0 Å². The fourth-order valence-corrected chi connectivity index (χ4v) is 3.06. The van der Waals surface area contributed by atoms with E-state index in [0.29, 0.717) is 0 Å². The van der Waals surface area contributed by atoms with Crippen LogP contribution in [0.5, 0.6) is 0 Å². The molecule has 2 nitrogen and oxygen atoms in total. The van der Waals surface area contributed by atoms with Gasteiger partial charge in [-0.1, -0.05) is 0 Å². The summed E-state index contributed by atoms with van der Waals surface area (Å²) < 4.78 is 6.47. The third kappa shape index (κ3) is 10.8. The molecule has 0 saturated carbocycles. The number of halogens is 1. The summed E-state index contributed by atoms with van der Waals surface area (Å²) in [4.78, 5) is 0. The number of piperidine rings is 2. The van der Waals surface area contributed by atoms with E-state index in [9.17, 15) is 0 Å². The monoisotopic (exact) mass is 614 g/mol. The molecule has 8 heteroatoms. The number of thiol groups is 2. The van der Waals surface area contributed by atoms with Gasteiger partial charge in [0.25, 0.3) is 0 Å². The first kappa shape index (κ1) is 22.1. The molecule has 2 rings (SSSR count). The maximum absolute atomic E-state index is 4.20. The van der Waals surface area contributed by atoms with Crippen LogP contribution in [-0.4, -0.2) is 66.5 Å². The van der Waals surface area contributed by atoms with Gasteiger partial charge in [0.1, 0.15) is 26.2 Å². The Bertz CT molecular complexity index is 281. The van der Waals surface area contributed by atoms with Crippen molar-refractivity contribution in [3.05, 3.63) is 0 Å². The quantitative estimate of drug-likeness (QED) is 0.134. The van der Waals surface area contributed by atoms with E-state index in [2.05, 4.69) is 71.9 Å². The number of rotatable bonds is 0. The van der Waals surface area contributed by atoms with Crippen molar-refractivity contribution in [2.75, 3.05) is 26.2 Å². The van der Waals surface area contributed by atoms with Gasteiger partial charge in [-0.05, 0) is 38.1 Å². The van der Waals surface area contributed by atoms with E-state index < -0.39 is 0 Å². The average Bonchev–Trinajstić information content (AvgIpc) is 2.51. The summed E-state index contributed by atoms with van der Waals surface area (Å²) in [5.74, 6) is 0. The van der Waals surface area contributed by atoms with Gasteiger partial charge in [-0.25, -0.2) is 0 Å². The molecule has 20 heavy (non-hydrogen) atoms. The normalized spacial score (nSPS) is 18.2. The molecule has 0 bridgehead atoms. The second-order valence-corrected chi connectivity index (χ2v) is 7.38. The van der Waals surface area contributed by atoms with Crippen LogP contribution in [0.1, 0.15) is 38.5 Å². The zero-order chi connectivity index (χ0) is 15.4. The van der Waals surface area contributed by atoms with E-state index in [1.807, 2.05) is 0 Å². The van der Waals surface area contributed by atoms with Crippen LogP contribution < -0.4 is 0 Å². The predicted octanol–water partition coefficient (Wildman–Crippen LogP) is 1.43. The van der Waals surface area contributed by atoms with Crippen LogP contribution in [0.4, 0.5) is 0 Å². The molecule has 0 spiro atoms. The molecule has 114 valence electrons. The molecule has 2 radical (unpaired) electrons. The van der Waals surface area contributed by atoms with Crippen molar-refractivity contribution in [3.63, 3.8) is 0 Å². The van der Waals surface area contributed by atoms with Gasteiger partial charge < -0.3 is 0 Å². The minimum absolute atomic E-state index is 0.981. The fourth-order valence-electron chi connectivity index (χ4n) is 2.21. The molecule has 2 aliphatic heterocycles. The van der Waals surface area contributed by atoms with Crippen molar-refractivity contribution in [2.24, 2.45) is 0 Å². The third-order valence-corrected chi connectivity index (χ3v) is 4.51. The van der Waals surface area contributed by atoms with Crippen LogP contribution in [0.25, 0.3) is 0 Å². The summed E-state index contributed by atoms with van der Waals surface area (Å²) in [5.41, 5.74) is 0. The molecule has 2 fully saturated rings. The number of hydrogen-bond acceptors (Lipinski definition) is 0. The van der Waals surface area contributed by atoms with Crippen LogP contribution in [0.3, 0.4) is 0 Å². The molecule has 0 N–H and O–H groups in total. The number of hydrogen-bond donors (Lipinski definition) is 2. The molecular formula is C12H26BiBrN2S4+6. The van der Waals surface area contributed by atoms with Gasteiger partial charge in [-0.15, -0.1) is 0 Å². The van der Waals surface area contributed by atoms with Crippen molar-refractivity contribution in [3.8, 4) is 0 Å². The molecule has 2 saturated heterocycles. The molecule has 0 atom stereocenters. The topological polar surface area (TPSA) is 6.02 Å². The van der Waals surface area contributed by atoms with Gasteiger partial charge in [-0.2, -0.15) is 9.15 Å². The molecule has 0 unspecified atom stereocenters. The first-order valence-corrected chi connectivity index (χ1v) is 16.3. The van der Waals surface area contributed by atoms with Crippen molar-refractivity contribution in [2.45, 2.75) is 38.5 Å². The first-order valence-electron chi connectivity index (χ1n) is 6.83. The second kappa shape index (κ2) is 14.7. The van der Waals surface area contributed by atoms with Gasteiger partial charge in [0, 0.05) is 25.7 Å². The Balaban J connectivity index is 0.000000321. The fraction of sp³-hybridized carbons (Fsp3) is 0.833. The molecule has 0 aliphatic carbocycles. The van der Waals surface area contributed by atoms with Crippen molar-refractivity contribution >= 4 is 93.9 Å². The van der Waals surface area contributed by atoms with Crippen LogP contribution in [0.15, 0.2) is 0 Å². The summed E-state index contributed by atoms with van der Waals surface area (Å²) in [6.07, 6.45) is 8.01. The first-order chi connectivity index (χ1) is 9.61. The van der Waals surface area contributed by atoms with Gasteiger partial charge in [-0.3, -0.25) is 0 Å². The van der Waals surface area contributed by atoms with Gasteiger partial charge >= 0.3 is 43.3 Å². The van der Waals surface area contributed by atoms with Crippen LogP contribution in [-0.2, 0) is 25.3 Å². The summed E-state index contributed by atoms with van der Waals surface area (Å²) >= 11 is 19.5. The van der Waals surface area contributed by atoms with E-state index in [4.69, 9.17) is 0 Å². The standard InChI is InChI=1S/2C6H11NS2.Bi.BrH/c2*8-6(9)7-4-2-1-3-5-7;;/h2*1-5H2,(H,8,9);;1H/q;;+3;/p+3. The Labute approximate surface area is 166 Å². The Hall–Kier alpha value is 2.10. The van der Waals surface area contributed by atoms with Gasteiger partial charge in [0.2, 0.25) is 0 Å². The maximum atomic E-state index is 4.20. The van der Waals surface area contributed by atoms with Gasteiger partial charge in [0.05, 0.1) is 25.3 Å². The summed E-state index contributed by atoms with van der Waals surface area (Å²) in [6, 6.07) is 0. The number of nitrogens with zero attached hydrogens (tertiary/aromatic N) is 2. The third-order valence-electron chi connectivity index (χ3n) is 3.31. The van der Waals surface area contributed by atoms with Crippen LogP contribution >= 0.6 is 37.5 Å². The zero-order valence-corrected chi connectivity index (χ0v) is 20.5. The minimum atomic E-state index is 0.981. The van der Waals surface area contributed by atoms with Crippen LogP contribution in [0, 0.1) is 0 Å². The van der Waals surface area contributed by atoms with E-state index in [-0.39, 0.29) is 0 Å². The second-order valence-electron chi connectivity index (χ2n) is 4.74. The summed E-state index contributed by atoms with van der Waals surface area (Å²) in [5, 5.41) is 0.